The van der Waals surface area contributed by atoms with E-state index in [0.717, 1.165) is 19.3 Å². The molecule has 1 rings (SSSR count). The van der Waals surface area contributed by atoms with Gasteiger partial charge in [0.15, 0.2) is 0 Å². The maximum Gasteiger partial charge on any atom is 0.114 e. The number of hydrogen-bond acceptors (Lipinski definition) is 5. The largest absolute Gasteiger partial charge is 0.394 e. The molecule has 0 aromatic heterocycles. The summed E-state index contributed by atoms with van der Waals surface area (Å²) >= 11 is 0. The van der Waals surface area contributed by atoms with Crippen LogP contribution in [0.2, 0.25) is 0 Å². The van der Waals surface area contributed by atoms with Crippen molar-refractivity contribution in [3.8, 4) is 0 Å². The van der Waals surface area contributed by atoms with Crippen molar-refractivity contribution in [1.82, 2.24) is 0 Å². The molecule has 0 aliphatic carbocycles. The lowest BCUT2D eigenvalue weighted by atomic mass is 10.0. The van der Waals surface area contributed by atoms with Gasteiger partial charge in [0.1, 0.15) is 24.4 Å². The predicted molar refractivity (Wildman–Crippen MR) is 127 cm³/mol. The molecule has 5 nitrogen and oxygen atoms in total. The predicted octanol–water partition coefficient (Wildman–Crippen LogP) is 5.30. The summed E-state index contributed by atoms with van der Waals surface area (Å²) < 4.78 is 11.0. The smallest absolute Gasteiger partial charge is 0.114 e. The third-order valence-electron chi connectivity index (χ3n) is 6.24. The van der Waals surface area contributed by atoms with E-state index in [-0.39, 0.29) is 6.61 Å². The first-order valence-electron chi connectivity index (χ1n) is 13.1. The fourth-order valence-corrected chi connectivity index (χ4v) is 4.21. The second-order valence-corrected chi connectivity index (χ2v) is 9.07. The van der Waals surface area contributed by atoms with Gasteiger partial charge in [0.25, 0.3) is 0 Å². The van der Waals surface area contributed by atoms with E-state index < -0.39 is 31.0 Å². The number of rotatable bonds is 21. The van der Waals surface area contributed by atoms with Gasteiger partial charge < -0.3 is 24.8 Å². The molecule has 0 radical (unpaired) electrons. The zero-order chi connectivity index (χ0) is 22.6. The molecule has 1 saturated heterocycles. The molecule has 0 saturated carbocycles. The summed E-state index contributed by atoms with van der Waals surface area (Å²) in [6.07, 6.45) is 22.5. The fraction of sp³-hybridized carbons (Fsp3) is 0.923. The standard InChI is InChI=1S/C26H50O5/c1-2-3-4-5-6-7-8-9-10-11-12-13-14-15-16-17-18-19-20-30-24-22-31-26(25(24)29)23(28)21-27/h3-4,23-29H,2,5-22H2,1H3/b4-3+/t23-,24+,25-,26-/m0/s1. The second-order valence-electron chi connectivity index (χ2n) is 9.07. The lowest BCUT2D eigenvalue weighted by Gasteiger charge is -2.20. The van der Waals surface area contributed by atoms with E-state index in [1.165, 1.54) is 83.5 Å². The third kappa shape index (κ3) is 14.3. The maximum atomic E-state index is 10.1. The van der Waals surface area contributed by atoms with Crippen LogP contribution in [0.3, 0.4) is 0 Å². The third-order valence-corrected chi connectivity index (χ3v) is 6.24. The first-order valence-corrected chi connectivity index (χ1v) is 13.1. The molecule has 0 spiro atoms. The molecule has 5 heteroatoms. The van der Waals surface area contributed by atoms with Crippen LogP contribution in [0.15, 0.2) is 12.2 Å². The summed E-state index contributed by atoms with van der Waals surface area (Å²) in [5.74, 6) is 0. The van der Waals surface area contributed by atoms with Crippen LogP contribution in [0, 0.1) is 0 Å². The van der Waals surface area contributed by atoms with Crippen molar-refractivity contribution in [2.24, 2.45) is 0 Å². The van der Waals surface area contributed by atoms with Crippen LogP contribution in [0.5, 0.6) is 0 Å². The van der Waals surface area contributed by atoms with Gasteiger partial charge in [-0.25, -0.2) is 0 Å². The number of unbranched alkanes of at least 4 members (excludes halogenated alkanes) is 14. The van der Waals surface area contributed by atoms with E-state index in [1.54, 1.807) is 0 Å². The average Bonchev–Trinajstić information content (AvgIpc) is 3.15. The van der Waals surface area contributed by atoms with Crippen LogP contribution in [0.1, 0.15) is 110 Å². The highest BCUT2D eigenvalue weighted by Gasteiger charge is 2.40. The molecule has 1 fully saturated rings. The molecular weight excluding hydrogens is 392 g/mol. The van der Waals surface area contributed by atoms with Crippen LogP contribution < -0.4 is 0 Å². The molecule has 0 amide bonds. The van der Waals surface area contributed by atoms with E-state index in [4.69, 9.17) is 14.6 Å². The highest BCUT2D eigenvalue weighted by Crippen LogP contribution is 2.21. The first kappa shape index (κ1) is 28.6. The number of aliphatic hydroxyl groups is 3. The van der Waals surface area contributed by atoms with Crippen LogP contribution in [0.4, 0.5) is 0 Å². The van der Waals surface area contributed by atoms with E-state index in [2.05, 4.69) is 19.1 Å². The number of hydrogen-bond donors (Lipinski definition) is 3. The van der Waals surface area contributed by atoms with E-state index in [1.807, 2.05) is 0 Å². The molecular formula is C26H50O5. The van der Waals surface area contributed by atoms with E-state index >= 15 is 0 Å². The Kier molecular flexibility index (Phi) is 18.6. The zero-order valence-corrected chi connectivity index (χ0v) is 20.1. The molecule has 1 heterocycles. The van der Waals surface area contributed by atoms with Crippen molar-refractivity contribution in [2.75, 3.05) is 19.8 Å². The Balaban J connectivity index is 1.77. The average molecular weight is 443 g/mol. The summed E-state index contributed by atoms with van der Waals surface area (Å²) in [5, 5.41) is 28.6. The van der Waals surface area contributed by atoms with Gasteiger partial charge in [-0.1, -0.05) is 96.1 Å². The minimum atomic E-state index is -1.05. The molecule has 4 atom stereocenters. The highest BCUT2D eigenvalue weighted by molar-refractivity contribution is 4.88. The van der Waals surface area contributed by atoms with Gasteiger partial charge in [-0.15, -0.1) is 0 Å². The molecule has 1 aliphatic heterocycles. The van der Waals surface area contributed by atoms with Gasteiger partial charge in [-0.3, -0.25) is 0 Å². The number of ether oxygens (including phenoxy) is 2. The van der Waals surface area contributed by atoms with Gasteiger partial charge in [0.2, 0.25) is 0 Å². The molecule has 0 aromatic rings. The zero-order valence-electron chi connectivity index (χ0n) is 20.1. The molecule has 1 aliphatic rings. The van der Waals surface area contributed by atoms with Crippen molar-refractivity contribution >= 4 is 0 Å². The Hall–Kier alpha value is -0.460. The summed E-state index contributed by atoms with van der Waals surface area (Å²) in [7, 11) is 0. The maximum absolute atomic E-state index is 10.1. The molecule has 0 unspecified atom stereocenters. The van der Waals surface area contributed by atoms with Crippen LogP contribution in [-0.4, -0.2) is 59.6 Å². The molecule has 0 bridgehead atoms. The van der Waals surface area contributed by atoms with Crippen LogP contribution >= 0.6 is 0 Å². The molecule has 184 valence electrons. The van der Waals surface area contributed by atoms with Gasteiger partial charge >= 0.3 is 0 Å². The Labute approximate surface area is 191 Å². The van der Waals surface area contributed by atoms with Crippen molar-refractivity contribution in [2.45, 2.75) is 134 Å². The van der Waals surface area contributed by atoms with Crippen LogP contribution in [-0.2, 0) is 9.47 Å². The highest BCUT2D eigenvalue weighted by atomic mass is 16.6. The Morgan fingerprint density at radius 1 is 0.839 bits per heavy atom. The van der Waals surface area contributed by atoms with Crippen molar-refractivity contribution in [3.63, 3.8) is 0 Å². The first-order chi connectivity index (χ1) is 15.2. The topological polar surface area (TPSA) is 79.2 Å². The van der Waals surface area contributed by atoms with Gasteiger partial charge in [0, 0.05) is 6.61 Å². The van der Waals surface area contributed by atoms with Crippen LogP contribution in [0.25, 0.3) is 0 Å². The SMILES string of the molecule is CC/C=C/CCCCCCCCCCCCCCCCO[C@@H]1CO[C@@H]([C@@H](O)CO)[C@H]1O. The Morgan fingerprint density at radius 3 is 1.87 bits per heavy atom. The normalized spacial score (nSPS) is 22.5. The van der Waals surface area contributed by atoms with Gasteiger partial charge in [-0.05, 0) is 25.7 Å². The number of allylic oxidation sites excluding steroid dienone is 2. The minimum absolute atomic E-state index is 0.277. The van der Waals surface area contributed by atoms with Gasteiger partial charge in [-0.2, -0.15) is 0 Å². The molecule has 0 aromatic carbocycles. The summed E-state index contributed by atoms with van der Waals surface area (Å²) in [5.41, 5.74) is 0. The monoisotopic (exact) mass is 442 g/mol. The molecule has 3 N–H and O–H groups in total. The fourth-order valence-electron chi connectivity index (χ4n) is 4.21. The second kappa shape index (κ2) is 20.2. The van der Waals surface area contributed by atoms with Crippen molar-refractivity contribution < 1.29 is 24.8 Å². The Morgan fingerprint density at radius 2 is 1.35 bits per heavy atom. The quantitative estimate of drug-likeness (QED) is 0.166. The van der Waals surface area contributed by atoms with Gasteiger partial charge in [0.05, 0.1) is 13.2 Å². The van der Waals surface area contributed by atoms with E-state index in [0.29, 0.717) is 6.61 Å². The van der Waals surface area contributed by atoms with Crippen molar-refractivity contribution in [3.05, 3.63) is 12.2 Å². The summed E-state index contributed by atoms with van der Waals surface area (Å²) in [6.45, 7) is 2.67. The summed E-state index contributed by atoms with van der Waals surface area (Å²) in [6, 6.07) is 0. The number of aliphatic hydroxyl groups excluding tert-OH is 3. The minimum Gasteiger partial charge on any atom is -0.394 e. The van der Waals surface area contributed by atoms with Crippen molar-refractivity contribution in [1.29, 1.82) is 0 Å². The van der Waals surface area contributed by atoms with E-state index in [9.17, 15) is 10.2 Å². The lowest BCUT2D eigenvalue weighted by Crippen LogP contribution is -2.41. The lowest BCUT2D eigenvalue weighted by molar-refractivity contribution is -0.0730. The summed E-state index contributed by atoms with van der Waals surface area (Å²) in [4.78, 5) is 0. The Bertz CT molecular complexity index is 415. The molecule has 31 heavy (non-hydrogen) atoms.